The van der Waals surface area contributed by atoms with E-state index in [9.17, 15) is 4.79 Å². The fourth-order valence-corrected chi connectivity index (χ4v) is 6.10. The highest BCUT2D eigenvalue weighted by Crippen LogP contribution is 2.42. The number of carbonyl (C=O) groups excluding carboxylic acids is 1. The Kier molecular flexibility index (Phi) is 5.74. The zero-order valence-electron chi connectivity index (χ0n) is 14.6. The van der Waals surface area contributed by atoms with Gasteiger partial charge in [0.1, 0.15) is 0 Å². The first-order valence-electron chi connectivity index (χ1n) is 7.95. The van der Waals surface area contributed by atoms with Gasteiger partial charge < -0.3 is 0 Å². The lowest BCUT2D eigenvalue weighted by molar-refractivity contribution is 0.0989. The van der Waals surface area contributed by atoms with Crippen molar-refractivity contribution in [1.82, 2.24) is 0 Å². The third kappa shape index (κ3) is 4.20. The number of thioether (sulfide) groups is 1. The van der Waals surface area contributed by atoms with Gasteiger partial charge >= 0.3 is 0 Å². The zero-order chi connectivity index (χ0) is 18.1. The minimum absolute atomic E-state index is 0.183. The first-order valence-corrected chi connectivity index (χ1v) is 10.8. The summed E-state index contributed by atoms with van der Waals surface area (Å²) in [7, 11) is 0. The van der Waals surface area contributed by atoms with E-state index in [4.69, 9.17) is 11.6 Å². The van der Waals surface area contributed by atoms with Crippen LogP contribution in [0.5, 0.6) is 0 Å². The Morgan fingerprint density at radius 1 is 0.960 bits per heavy atom. The predicted molar refractivity (Wildman–Crippen MR) is 112 cm³/mol. The Morgan fingerprint density at radius 3 is 2.08 bits per heavy atom. The van der Waals surface area contributed by atoms with E-state index in [0.717, 1.165) is 20.9 Å². The summed E-state index contributed by atoms with van der Waals surface area (Å²) in [6.07, 6.45) is 0. The third-order valence-electron chi connectivity index (χ3n) is 3.97. The van der Waals surface area contributed by atoms with Crippen LogP contribution in [0.4, 0.5) is 0 Å². The molecule has 25 heavy (non-hydrogen) atoms. The molecule has 0 aliphatic carbocycles. The van der Waals surface area contributed by atoms with Crippen molar-refractivity contribution >= 4 is 51.8 Å². The summed E-state index contributed by atoms with van der Waals surface area (Å²) in [6.45, 7) is 8.27. The molecule has 0 amide bonds. The van der Waals surface area contributed by atoms with Gasteiger partial charge in [0.25, 0.3) is 0 Å². The number of thiophene rings is 2. The monoisotopic (exact) mass is 406 g/mol. The lowest BCUT2D eigenvalue weighted by atomic mass is 10.0. The summed E-state index contributed by atoms with van der Waals surface area (Å²) in [4.78, 5) is 19.1. The molecule has 2 heterocycles. The van der Waals surface area contributed by atoms with Crippen LogP contribution in [0.3, 0.4) is 0 Å². The van der Waals surface area contributed by atoms with Gasteiger partial charge in [0.2, 0.25) is 0 Å². The Hall–Kier alpha value is -1.07. The van der Waals surface area contributed by atoms with Crippen LogP contribution >= 0.6 is 46.0 Å². The summed E-state index contributed by atoms with van der Waals surface area (Å²) in [5, 5.41) is 0.470. The molecule has 5 heteroatoms. The average Bonchev–Trinajstić information content (AvgIpc) is 3.07. The van der Waals surface area contributed by atoms with Crippen molar-refractivity contribution in [2.45, 2.75) is 37.8 Å². The molecule has 1 aromatic carbocycles. The van der Waals surface area contributed by atoms with Crippen LogP contribution in [-0.4, -0.2) is 5.78 Å². The maximum atomic E-state index is 13.4. The second kappa shape index (κ2) is 7.67. The highest BCUT2D eigenvalue weighted by Gasteiger charge is 2.28. The van der Waals surface area contributed by atoms with Gasteiger partial charge in [-0.3, -0.25) is 4.79 Å². The number of benzene rings is 1. The van der Waals surface area contributed by atoms with Crippen LogP contribution in [-0.2, 0) is 0 Å². The molecule has 0 bridgehead atoms. The highest BCUT2D eigenvalue weighted by atomic mass is 35.5. The fourth-order valence-electron chi connectivity index (χ4n) is 2.83. The van der Waals surface area contributed by atoms with E-state index < -0.39 is 0 Å². The number of carbonyl (C=O) groups is 1. The van der Waals surface area contributed by atoms with E-state index in [1.54, 1.807) is 34.4 Å². The number of aryl methyl sites for hydroxylation is 4. The Balaban J connectivity index is 2.02. The molecular weight excluding hydrogens is 388 g/mol. The quantitative estimate of drug-likeness (QED) is 0.324. The van der Waals surface area contributed by atoms with Crippen molar-refractivity contribution in [3.8, 4) is 0 Å². The van der Waals surface area contributed by atoms with E-state index in [1.807, 2.05) is 37.3 Å². The van der Waals surface area contributed by atoms with Crippen molar-refractivity contribution in [3.05, 3.63) is 72.1 Å². The van der Waals surface area contributed by atoms with Crippen LogP contribution in [0.1, 0.15) is 40.7 Å². The van der Waals surface area contributed by atoms with Gasteiger partial charge in [-0.15, -0.1) is 34.4 Å². The molecule has 0 aliphatic rings. The molecule has 0 fully saturated rings. The summed E-state index contributed by atoms with van der Waals surface area (Å²) < 4.78 is 0. The molecule has 3 rings (SSSR count). The van der Waals surface area contributed by atoms with E-state index >= 15 is 0 Å². The Labute approximate surface area is 166 Å². The molecule has 1 unspecified atom stereocenters. The third-order valence-corrected chi connectivity index (χ3v) is 7.42. The molecule has 0 N–H and O–H groups in total. The predicted octanol–water partition coefficient (Wildman–Crippen LogP) is 7.41. The summed E-state index contributed by atoms with van der Waals surface area (Å²) in [6, 6.07) is 11.9. The van der Waals surface area contributed by atoms with Crippen molar-refractivity contribution in [2.75, 3.05) is 0 Å². The first kappa shape index (κ1) is 18.7. The zero-order valence-corrected chi connectivity index (χ0v) is 17.8. The molecule has 2 aromatic heterocycles. The number of rotatable bonds is 5. The van der Waals surface area contributed by atoms with E-state index in [1.165, 1.54) is 14.6 Å². The van der Waals surface area contributed by atoms with Crippen LogP contribution in [0.2, 0.25) is 5.02 Å². The lowest BCUT2D eigenvalue weighted by Crippen LogP contribution is -2.10. The number of Topliss-reactive ketones (excluding diaryl/α,β-unsaturated/α-hetero) is 1. The smallest absolute Gasteiger partial charge is 0.181 e. The molecule has 0 radical (unpaired) electrons. The van der Waals surface area contributed by atoms with Gasteiger partial charge in [-0.1, -0.05) is 11.6 Å². The maximum Gasteiger partial charge on any atom is 0.181 e. The van der Waals surface area contributed by atoms with Crippen molar-refractivity contribution in [3.63, 3.8) is 0 Å². The standard InChI is InChI=1S/C20H19ClOS3/c1-11-9-17(13(3)23-11)19(22)20(18-10-12(2)24-14(18)4)25-16-7-5-15(21)6-8-16/h5-10,20H,1-4H3. The fraction of sp³-hybridized carbons (Fsp3) is 0.250. The minimum atomic E-state index is -0.237. The molecule has 0 spiro atoms. The van der Waals surface area contributed by atoms with Gasteiger partial charge in [-0.05, 0) is 69.7 Å². The van der Waals surface area contributed by atoms with E-state index in [2.05, 4.69) is 26.8 Å². The summed E-state index contributed by atoms with van der Waals surface area (Å²) in [5.74, 6) is 0.183. The van der Waals surface area contributed by atoms with Crippen LogP contribution < -0.4 is 0 Å². The highest BCUT2D eigenvalue weighted by molar-refractivity contribution is 8.00. The van der Waals surface area contributed by atoms with E-state index in [0.29, 0.717) is 5.02 Å². The first-order chi connectivity index (χ1) is 11.8. The van der Waals surface area contributed by atoms with Crippen molar-refractivity contribution < 1.29 is 4.79 Å². The summed E-state index contributed by atoms with van der Waals surface area (Å²) in [5.41, 5.74) is 1.97. The largest absolute Gasteiger partial charge is 0.292 e. The molecule has 3 aromatic rings. The van der Waals surface area contributed by atoms with Gasteiger partial charge in [-0.2, -0.15) is 0 Å². The van der Waals surface area contributed by atoms with Gasteiger partial charge in [-0.25, -0.2) is 0 Å². The number of hydrogen-bond acceptors (Lipinski definition) is 4. The minimum Gasteiger partial charge on any atom is -0.292 e. The number of halogens is 1. The average molecular weight is 407 g/mol. The number of ketones is 1. The lowest BCUT2D eigenvalue weighted by Gasteiger charge is -2.16. The van der Waals surface area contributed by atoms with Gasteiger partial charge in [0.15, 0.2) is 5.78 Å². The van der Waals surface area contributed by atoms with Crippen LogP contribution in [0, 0.1) is 27.7 Å². The van der Waals surface area contributed by atoms with Crippen molar-refractivity contribution in [2.24, 2.45) is 0 Å². The molecule has 130 valence electrons. The van der Waals surface area contributed by atoms with E-state index in [-0.39, 0.29) is 11.0 Å². The van der Waals surface area contributed by atoms with Crippen LogP contribution in [0.15, 0.2) is 41.3 Å². The SMILES string of the molecule is Cc1cc(C(=O)C(Sc2ccc(Cl)cc2)c2cc(C)sc2C)c(C)s1. The second-order valence-electron chi connectivity index (χ2n) is 6.01. The molecule has 0 aliphatic heterocycles. The molecule has 1 nitrogen and oxygen atoms in total. The molecule has 0 saturated heterocycles. The van der Waals surface area contributed by atoms with Gasteiger partial charge in [0.05, 0.1) is 5.25 Å². The second-order valence-corrected chi connectivity index (χ2v) is 10.5. The Bertz CT molecular complexity index is 906. The maximum absolute atomic E-state index is 13.4. The van der Waals surface area contributed by atoms with Gasteiger partial charge in [0, 0.05) is 35.0 Å². The topological polar surface area (TPSA) is 17.1 Å². The molecular formula is C20H19ClOS3. The van der Waals surface area contributed by atoms with Crippen LogP contribution in [0.25, 0.3) is 0 Å². The normalized spacial score (nSPS) is 12.4. The molecule has 0 saturated carbocycles. The summed E-state index contributed by atoms with van der Waals surface area (Å²) >= 11 is 11.0. The Morgan fingerprint density at radius 2 is 1.56 bits per heavy atom. The van der Waals surface area contributed by atoms with Crippen molar-refractivity contribution in [1.29, 1.82) is 0 Å². The number of hydrogen-bond donors (Lipinski definition) is 0. The molecule has 1 atom stereocenters.